The number of nitrogens with zero attached hydrogens (tertiary/aromatic N) is 2. The van der Waals surface area contributed by atoms with Gasteiger partial charge in [0.05, 0.1) is 6.61 Å². The molecule has 0 unspecified atom stereocenters. The van der Waals surface area contributed by atoms with Crippen LogP contribution in [-0.4, -0.2) is 67.6 Å². The van der Waals surface area contributed by atoms with E-state index < -0.39 is 0 Å². The lowest BCUT2D eigenvalue weighted by Gasteiger charge is -2.21. The van der Waals surface area contributed by atoms with Gasteiger partial charge < -0.3 is 9.64 Å². The van der Waals surface area contributed by atoms with Crippen molar-refractivity contribution in [2.75, 3.05) is 57.8 Å². The summed E-state index contributed by atoms with van der Waals surface area (Å²) in [7, 11) is 0. The Morgan fingerprint density at radius 2 is 1.71 bits per heavy atom. The Morgan fingerprint density at radius 1 is 1.06 bits per heavy atom. The minimum absolute atomic E-state index is 0.647. The molecule has 0 N–H and O–H groups in total. The highest BCUT2D eigenvalue weighted by Gasteiger charge is 2.13. The van der Waals surface area contributed by atoms with Gasteiger partial charge in [-0.15, -0.1) is 0 Å². The molecule has 0 aromatic heterocycles. The van der Waals surface area contributed by atoms with Crippen molar-refractivity contribution in [2.24, 2.45) is 5.92 Å². The molecule has 0 amide bonds. The molecule has 0 aliphatic carbocycles. The minimum atomic E-state index is 0.647. The third-order valence-corrected chi connectivity index (χ3v) is 3.44. The van der Waals surface area contributed by atoms with Gasteiger partial charge in [-0.25, -0.2) is 0 Å². The summed E-state index contributed by atoms with van der Waals surface area (Å²) in [6.07, 6.45) is 1.29. The van der Waals surface area contributed by atoms with Crippen molar-refractivity contribution in [1.29, 1.82) is 0 Å². The molecule has 0 aromatic carbocycles. The van der Waals surface area contributed by atoms with Gasteiger partial charge in [0.25, 0.3) is 0 Å². The van der Waals surface area contributed by atoms with Crippen LogP contribution in [-0.2, 0) is 4.74 Å². The summed E-state index contributed by atoms with van der Waals surface area (Å²) in [5.74, 6) is 0.647. The van der Waals surface area contributed by atoms with E-state index in [1.807, 2.05) is 0 Å². The number of hydrogen-bond acceptors (Lipinski definition) is 3. The smallest absolute Gasteiger partial charge is 0.0593 e. The van der Waals surface area contributed by atoms with Crippen LogP contribution in [0, 0.1) is 5.92 Å². The van der Waals surface area contributed by atoms with E-state index in [0.717, 1.165) is 25.1 Å². The van der Waals surface area contributed by atoms with Crippen molar-refractivity contribution in [3.05, 3.63) is 0 Å². The molecule has 1 aliphatic rings. The predicted octanol–water partition coefficient (Wildman–Crippen LogP) is 2.06. The van der Waals surface area contributed by atoms with E-state index in [1.165, 1.54) is 39.1 Å². The van der Waals surface area contributed by atoms with E-state index >= 15 is 0 Å². The first kappa shape index (κ1) is 15.4. The van der Waals surface area contributed by atoms with Crippen molar-refractivity contribution in [1.82, 2.24) is 9.80 Å². The zero-order chi connectivity index (χ0) is 12.5. The Hall–Kier alpha value is 0.360. The van der Waals surface area contributed by atoms with Gasteiger partial charge in [0.2, 0.25) is 0 Å². The molecule has 0 atom stereocenters. The maximum atomic E-state index is 5.65. The first-order valence-electron chi connectivity index (χ1n) is 6.80. The summed E-state index contributed by atoms with van der Waals surface area (Å²) in [6.45, 7) is 13.3. The highest BCUT2D eigenvalue weighted by atomic mass is 79.9. The van der Waals surface area contributed by atoms with Gasteiger partial charge in [0, 0.05) is 38.1 Å². The number of halogens is 1. The lowest BCUT2D eigenvalue weighted by Crippen LogP contribution is -2.33. The zero-order valence-corrected chi connectivity index (χ0v) is 12.9. The fourth-order valence-corrected chi connectivity index (χ4v) is 2.61. The quantitative estimate of drug-likeness (QED) is 0.529. The number of rotatable bonds is 7. The Bertz CT molecular complexity index is 190. The molecule has 1 fully saturated rings. The first-order valence-corrected chi connectivity index (χ1v) is 7.93. The topological polar surface area (TPSA) is 15.7 Å². The maximum absolute atomic E-state index is 5.65. The van der Waals surface area contributed by atoms with Crippen molar-refractivity contribution in [2.45, 2.75) is 20.3 Å². The van der Waals surface area contributed by atoms with Gasteiger partial charge in [-0.2, -0.15) is 0 Å². The van der Waals surface area contributed by atoms with Crippen LogP contribution in [0.1, 0.15) is 20.3 Å². The molecule has 0 aromatic rings. The van der Waals surface area contributed by atoms with Crippen LogP contribution < -0.4 is 0 Å². The molecular formula is C13H27BrN2O. The first-order chi connectivity index (χ1) is 8.22. The van der Waals surface area contributed by atoms with Crippen molar-refractivity contribution >= 4 is 15.9 Å². The Morgan fingerprint density at radius 3 is 2.29 bits per heavy atom. The van der Waals surface area contributed by atoms with Crippen LogP contribution >= 0.6 is 15.9 Å². The zero-order valence-electron chi connectivity index (χ0n) is 11.3. The lowest BCUT2D eigenvalue weighted by molar-refractivity contribution is 0.0863. The van der Waals surface area contributed by atoms with E-state index in [-0.39, 0.29) is 0 Å². The van der Waals surface area contributed by atoms with E-state index in [0.29, 0.717) is 5.92 Å². The van der Waals surface area contributed by atoms with Gasteiger partial charge >= 0.3 is 0 Å². The van der Waals surface area contributed by atoms with E-state index in [4.69, 9.17) is 4.74 Å². The van der Waals surface area contributed by atoms with Crippen LogP contribution in [0.2, 0.25) is 0 Å². The number of ether oxygens (including phenoxy) is 1. The normalized spacial score (nSPS) is 19.8. The summed E-state index contributed by atoms with van der Waals surface area (Å²) >= 11 is 3.52. The van der Waals surface area contributed by atoms with Gasteiger partial charge in [0.1, 0.15) is 0 Å². The molecule has 0 spiro atoms. The molecule has 0 radical (unpaired) electrons. The summed E-state index contributed by atoms with van der Waals surface area (Å²) < 4.78 is 5.65. The fraction of sp³-hybridized carbons (Fsp3) is 1.00. The van der Waals surface area contributed by atoms with Gasteiger partial charge in [-0.1, -0.05) is 29.8 Å². The molecule has 102 valence electrons. The second kappa shape index (κ2) is 9.31. The number of alkyl halides is 1. The van der Waals surface area contributed by atoms with Gasteiger partial charge in [0.15, 0.2) is 0 Å². The van der Waals surface area contributed by atoms with Crippen molar-refractivity contribution in [3.8, 4) is 0 Å². The molecule has 3 nitrogen and oxygen atoms in total. The summed E-state index contributed by atoms with van der Waals surface area (Å²) in [5, 5.41) is 1.09. The summed E-state index contributed by atoms with van der Waals surface area (Å²) in [6, 6.07) is 0. The second-order valence-corrected chi connectivity index (χ2v) is 5.99. The molecule has 1 aliphatic heterocycles. The Labute approximate surface area is 115 Å². The molecule has 0 saturated carbocycles. The Balaban J connectivity index is 2.09. The average Bonchev–Trinajstić information content (AvgIpc) is 2.51. The summed E-state index contributed by atoms with van der Waals surface area (Å²) in [4.78, 5) is 5.08. The standard InChI is InChI=1S/C13H27BrN2O/c1-13(2)12-17-11-10-16-6-3-5-15(7-4-14)8-9-16/h13H,3-12H2,1-2H3. The molecule has 17 heavy (non-hydrogen) atoms. The highest BCUT2D eigenvalue weighted by molar-refractivity contribution is 9.09. The predicted molar refractivity (Wildman–Crippen MR) is 76.9 cm³/mol. The molecule has 4 heteroatoms. The van der Waals surface area contributed by atoms with E-state index in [2.05, 4.69) is 39.6 Å². The van der Waals surface area contributed by atoms with Crippen LogP contribution in [0.5, 0.6) is 0 Å². The Kier molecular flexibility index (Phi) is 8.44. The molecular weight excluding hydrogens is 280 g/mol. The lowest BCUT2D eigenvalue weighted by atomic mass is 10.2. The highest BCUT2D eigenvalue weighted by Crippen LogP contribution is 2.03. The minimum Gasteiger partial charge on any atom is -0.380 e. The van der Waals surface area contributed by atoms with Gasteiger partial charge in [-0.05, 0) is 25.4 Å². The third-order valence-electron chi connectivity index (χ3n) is 3.08. The van der Waals surface area contributed by atoms with E-state index in [1.54, 1.807) is 0 Å². The SMILES string of the molecule is CC(C)COCCN1CCCN(CCBr)CC1. The number of hydrogen-bond donors (Lipinski definition) is 0. The molecule has 1 heterocycles. The fourth-order valence-electron chi connectivity index (χ4n) is 2.10. The van der Waals surface area contributed by atoms with Gasteiger partial charge in [-0.3, -0.25) is 4.90 Å². The molecule has 0 bridgehead atoms. The van der Waals surface area contributed by atoms with Crippen LogP contribution in [0.4, 0.5) is 0 Å². The van der Waals surface area contributed by atoms with Crippen LogP contribution in [0.15, 0.2) is 0 Å². The second-order valence-electron chi connectivity index (χ2n) is 5.19. The molecule has 1 saturated heterocycles. The average molecular weight is 307 g/mol. The van der Waals surface area contributed by atoms with Crippen molar-refractivity contribution < 1.29 is 4.74 Å². The molecule has 1 rings (SSSR count). The monoisotopic (exact) mass is 306 g/mol. The maximum Gasteiger partial charge on any atom is 0.0593 e. The largest absolute Gasteiger partial charge is 0.380 e. The van der Waals surface area contributed by atoms with E-state index in [9.17, 15) is 0 Å². The van der Waals surface area contributed by atoms with Crippen molar-refractivity contribution in [3.63, 3.8) is 0 Å². The van der Waals surface area contributed by atoms with Crippen LogP contribution in [0.25, 0.3) is 0 Å². The summed E-state index contributed by atoms with van der Waals surface area (Å²) in [5.41, 5.74) is 0. The van der Waals surface area contributed by atoms with Crippen LogP contribution in [0.3, 0.4) is 0 Å². The third kappa shape index (κ3) is 7.39.